The Balaban J connectivity index is 2.40. The molecule has 2 aromatic rings. The molecule has 4 heteroatoms. The van der Waals surface area contributed by atoms with Gasteiger partial charge in [-0.25, -0.2) is 4.98 Å². The largest absolute Gasteiger partial charge is 0.346 e. The van der Waals surface area contributed by atoms with E-state index in [1.807, 2.05) is 19.1 Å². The standard InChI is InChI=1S/C12H13BrN2S/c1-8-12(15-11(14-8)5-6-16)9-3-2-4-10(13)7-9/h2-4,7,16H,5-6H2,1H3,(H,14,15). The number of aromatic nitrogens is 2. The van der Waals surface area contributed by atoms with Gasteiger partial charge in [-0.1, -0.05) is 28.1 Å². The molecule has 0 atom stereocenters. The van der Waals surface area contributed by atoms with Gasteiger partial charge in [0.1, 0.15) is 5.82 Å². The number of aryl methyl sites for hydroxylation is 2. The third kappa shape index (κ3) is 2.50. The van der Waals surface area contributed by atoms with E-state index < -0.39 is 0 Å². The molecule has 1 N–H and O–H groups in total. The van der Waals surface area contributed by atoms with Crippen LogP contribution in [0.2, 0.25) is 0 Å². The van der Waals surface area contributed by atoms with Crippen LogP contribution >= 0.6 is 28.6 Å². The van der Waals surface area contributed by atoms with Gasteiger partial charge in [-0.05, 0) is 24.8 Å². The van der Waals surface area contributed by atoms with Crippen molar-refractivity contribution in [1.82, 2.24) is 9.97 Å². The summed E-state index contributed by atoms with van der Waals surface area (Å²) >= 11 is 7.68. The van der Waals surface area contributed by atoms with Gasteiger partial charge in [0, 0.05) is 22.2 Å². The molecule has 0 aliphatic carbocycles. The zero-order chi connectivity index (χ0) is 11.5. The van der Waals surface area contributed by atoms with Crippen LogP contribution in [0.5, 0.6) is 0 Å². The van der Waals surface area contributed by atoms with Crippen LogP contribution in [0.4, 0.5) is 0 Å². The van der Waals surface area contributed by atoms with Crippen molar-refractivity contribution in [3.05, 3.63) is 40.3 Å². The zero-order valence-electron chi connectivity index (χ0n) is 9.00. The summed E-state index contributed by atoms with van der Waals surface area (Å²) in [6.07, 6.45) is 0.873. The van der Waals surface area contributed by atoms with Crippen LogP contribution in [0.3, 0.4) is 0 Å². The number of nitrogens with zero attached hydrogens (tertiary/aromatic N) is 1. The van der Waals surface area contributed by atoms with E-state index in [4.69, 9.17) is 0 Å². The van der Waals surface area contributed by atoms with Crippen molar-refractivity contribution in [3.8, 4) is 11.3 Å². The Bertz CT molecular complexity index is 494. The Morgan fingerprint density at radius 3 is 2.94 bits per heavy atom. The number of halogens is 1. The van der Waals surface area contributed by atoms with E-state index in [-0.39, 0.29) is 0 Å². The fourth-order valence-corrected chi connectivity index (χ4v) is 2.27. The number of thiol groups is 1. The molecule has 0 bridgehead atoms. The van der Waals surface area contributed by atoms with Crippen molar-refractivity contribution in [1.29, 1.82) is 0 Å². The number of hydrogen-bond donors (Lipinski definition) is 2. The molecule has 2 nitrogen and oxygen atoms in total. The van der Waals surface area contributed by atoms with Gasteiger partial charge in [0.25, 0.3) is 0 Å². The normalized spacial score (nSPS) is 10.7. The topological polar surface area (TPSA) is 28.7 Å². The minimum Gasteiger partial charge on any atom is -0.346 e. The fourth-order valence-electron chi connectivity index (χ4n) is 1.66. The first-order valence-corrected chi connectivity index (χ1v) is 6.55. The Kier molecular flexibility index (Phi) is 3.71. The van der Waals surface area contributed by atoms with Crippen molar-refractivity contribution in [2.24, 2.45) is 0 Å². The maximum atomic E-state index is 4.59. The minimum absolute atomic E-state index is 0.810. The van der Waals surface area contributed by atoms with Gasteiger partial charge < -0.3 is 4.98 Å². The van der Waals surface area contributed by atoms with E-state index in [2.05, 4.69) is 50.7 Å². The molecule has 1 heterocycles. The van der Waals surface area contributed by atoms with Crippen molar-refractivity contribution in [2.45, 2.75) is 13.3 Å². The molecule has 0 saturated carbocycles. The summed E-state index contributed by atoms with van der Waals surface area (Å²) < 4.78 is 1.07. The number of nitrogens with one attached hydrogen (secondary N) is 1. The predicted octanol–water partition coefficient (Wildman–Crippen LogP) is 3.62. The van der Waals surface area contributed by atoms with Crippen LogP contribution in [0.1, 0.15) is 11.5 Å². The van der Waals surface area contributed by atoms with Crippen LogP contribution in [-0.2, 0) is 6.42 Å². The summed E-state index contributed by atoms with van der Waals surface area (Å²) in [4.78, 5) is 7.87. The van der Waals surface area contributed by atoms with E-state index >= 15 is 0 Å². The molecule has 84 valence electrons. The Morgan fingerprint density at radius 2 is 2.25 bits per heavy atom. The van der Waals surface area contributed by atoms with Gasteiger partial charge >= 0.3 is 0 Å². The van der Waals surface area contributed by atoms with E-state index in [0.29, 0.717) is 0 Å². The highest BCUT2D eigenvalue weighted by atomic mass is 79.9. The lowest BCUT2D eigenvalue weighted by molar-refractivity contribution is 0.995. The lowest BCUT2D eigenvalue weighted by atomic mass is 10.1. The van der Waals surface area contributed by atoms with Crippen LogP contribution in [0.15, 0.2) is 28.7 Å². The van der Waals surface area contributed by atoms with Gasteiger partial charge in [0.2, 0.25) is 0 Å². The van der Waals surface area contributed by atoms with Crippen molar-refractivity contribution in [3.63, 3.8) is 0 Å². The minimum atomic E-state index is 0.810. The molecule has 1 aromatic heterocycles. The van der Waals surface area contributed by atoms with E-state index in [9.17, 15) is 0 Å². The SMILES string of the molecule is Cc1[nH]c(CCS)nc1-c1cccc(Br)c1. The molecule has 1 aromatic carbocycles. The van der Waals surface area contributed by atoms with Gasteiger partial charge in [-0.2, -0.15) is 12.6 Å². The molecular weight excluding hydrogens is 284 g/mol. The Labute approximate surface area is 109 Å². The van der Waals surface area contributed by atoms with Gasteiger partial charge in [0.15, 0.2) is 0 Å². The Morgan fingerprint density at radius 1 is 1.44 bits per heavy atom. The predicted molar refractivity (Wildman–Crippen MR) is 74.0 cm³/mol. The second-order valence-corrected chi connectivity index (χ2v) is 5.00. The van der Waals surface area contributed by atoms with Gasteiger partial charge in [0.05, 0.1) is 5.69 Å². The molecule has 16 heavy (non-hydrogen) atoms. The highest BCUT2D eigenvalue weighted by Crippen LogP contribution is 2.24. The van der Waals surface area contributed by atoms with Crippen molar-refractivity contribution in [2.75, 3.05) is 5.75 Å². The summed E-state index contributed by atoms with van der Waals surface area (Å²) in [5.74, 6) is 1.81. The highest BCUT2D eigenvalue weighted by Gasteiger charge is 2.08. The van der Waals surface area contributed by atoms with E-state index in [1.54, 1.807) is 0 Å². The average Bonchev–Trinajstić information content (AvgIpc) is 2.60. The average molecular weight is 297 g/mol. The van der Waals surface area contributed by atoms with Crippen molar-refractivity contribution >= 4 is 28.6 Å². The lowest BCUT2D eigenvalue weighted by Gasteiger charge is -1.98. The number of hydrogen-bond acceptors (Lipinski definition) is 2. The molecule has 0 aliphatic heterocycles. The quantitative estimate of drug-likeness (QED) is 0.832. The van der Waals surface area contributed by atoms with Crippen LogP contribution < -0.4 is 0 Å². The molecular formula is C12H13BrN2S. The van der Waals surface area contributed by atoms with Gasteiger partial charge in [-0.15, -0.1) is 0 Å². The number of aromatic amines is 1. The van der Waals surface area contributed by atoms with Crippen molar-refractivity contribution < 1.29 is 0 Å². The molecule has 0 spiro atoms. The monoisotopic (exact) mass is 296 g/mol. The molecule has 2 rings (SSSR count). The second-order valence-electron chi connectivity index (χ2n) is 3.64. The summed E-state index contributed by atoms with van der Waals surface area (Å²) in [6.45, 7) is 2.05. The number of rotatable bonds is 3. The molecule has 0 unspecified atom stereocenters. The van der Waals surface area contributed by atoms with E-state index in [0.717, 1.165) is 39.4 Å². The molecule has 0 fully saturated rings. The molecule has 0 amide bonds. The number of imidazole rings is 1. The van der Waals surface area contributed by atoms with E-state index in [1.165, 1.54) is 0 Å². The summed E-state index contributed by atoms with van der Waals surface area (Å²) in [6, 6.07) is 8.18. The first-order chi connectivity index (χ1) is 7.70. The lowest BCUT2D eigenvalue weighted by Crippen LogP contribution is -1.88. The maximum Gasteiger partial charge on any atom is 0.107 e. The van der Waals surface area contributed by atoms with Crippen LogP contribution in [-0.4, -0.2) is 15.7 Å². The molecule has 0 aliphatic rings. The summed E-state index contributed by atoms with van der Waals surface area (Å²) in [7, 11) is 0. The third-order valence-electron chi connectivity index (χ3n) is 2.38. The smallest absolute Gasteiger partial charge is 0.107 e. The first kappa shape index (κ1) is 11.7. The summed E-state index contributed by atoms with van der Waals surface area (Å²) in [5, 5.41) is 0. The van der Waals surface area contributed by atoms with Gasteiger partial charge in [-0.3, -0.25) is 0 Å². The second kappa shape index (κ2) is 5.06. The first-order valence-electron chi connectivity index (χ1n) is 5.13. The molecule has 0 saturated heterocycles. The van der Waals surface area contributed by atoms with Crippen LogP contribution in [0.25, 0.3) is 11.3 Å². The number of H-pyrrole nitrogens is 1. The molecule has 0 radical (unpaired) electrons. The highest BCUT2D eigenvalue weighted by molar-refractivity contribution is 9.10. The Hall–Kier alpha value is -0.740. The fraction of sp³-hybridized carbons (Fsp3) is 0.250. The number of benzene rings is 1. The maximum absolute atomic E-state index is 4.59. The zero-order valence-corrected chi connectivity index (χ0v) is 11.5. The van der Waals surface area contributed by atoms with Crippen LogP contribution in [0, 0.1) is 6.92 Å². The third-order valence-corrected chi connectivity index (χ3v) is 3.10. The summed E-state index contributed by atoms with van der Waals surface area (Å²) in [5.41, 5.74) is 3.27.